The van der Waals surface area contributed by atoms with Crippen LogP contribution in [0.4, 0.5) is 0 Å². The van der Waals surface area contributed by atoms with Gasteiger partial charge in [0.1, 0.15) is 0 Å². The molecular weight excluding hydrogens is 316 g/mol. The number of thiophene rings is 1. The van der Waals surface area contributed by atoms with Crippen molar-refractivity contribution >= 4 is 28.9 Å². The third-order valence-electron chi connectivity index (χ3n) is 3.40. The van der Waals surface area contributed by atoms with Crippen LogP contribution < -0.4 is 5.32 Å². The van der Waals surface area contributed by atoms with Gasteiger partial charge in [0.15, 0.2) is 5.96 Å². The quantitative estimate of drug-likeness (QED) is 0.647. The molecule has 4 nitrogen and oxygen atoms in total. The minimum Gasteiger partial charge on any atom is -0.357 e. The Morgan fingerprint density at radius 1 is 1.41 bits per heavy atom. The molecule has 0 amide bonds. The van der Waals surface area contributed by atoms with E-state index < -0.39 is 0 Å². The summed E-state index contributed by atoms with van der Waals surface area (Å²) < 4.78 is 2.97. The van der Waals surface area contributed by atoms with Crippen molar-refractivity contribution in [2.24, 2.45) is 12.0 Å². The van der Waals surface area contributed by atoms with E-state index in [4.69, 9.17) is 16.6 Å². The van der Waals surface area contributed by atoms with Gasteiger partial charge in [0, 0.05) is 50.4 Å². The third kappa shape index (κ3) is 4.78. The number of halogens is 1. The summed E-state index contributed by atoms with van der Waals surface area (Å²) in [6.07, 6.45) is 2.98. The number of nitrogens with one attached hydrogen (secondary N) is 1. The highest BCUT2D eigenvalue weighted by molar-refractivity contribution is 7.16. The van der Waals surface area contributed by atoms with Gasteiger partial charge in [-0.3, -0.25) is 4.99 Å². The van der Waals surface area contributed by atoms with Crippen LogP contribution >= 0.6 is 22.9 Å². The number of guanidine groups is 1. The Morgan fingerprint density at radius 3 is 2.82 bits per heavy atom. The molecule has 0 aliphatic rings. The smallest absolute Gasteiger partial charge is 0.194 e. The Labute approximate surface area is 141 Å². The van der Waals surface area contributed by atoms with E-state index in [1.165, 1.54) is 10.6 Å². The van der Waals surface area contributed by atoms with Crippen molar-refractivity contribution < 1.29 is 0 Å². The molecule has 22 heavy (non-hydrogen) atoms. The highest BCUT2D eigenvalue weighted by Crippen LogP contribution is 2.21. The Balaban J connectivity index is 1.95. The van der Waals surface area contributed by atoms with Gasteiger partial charge >= 0.3 is 0 Å². The molecule has 0 aliphatic carbocycles. The van der Waals surface area contributed by atoms with E-state index in [1.54, 1.807) is 11.3 Å². The largest absolute Gasteiger partial charge is 0.357 e. The molecule has 120 valence electrons. The van der Waals surface area contributed by atoms with E-state index in [9.17, 15) is 0 Å². The highest BCUT2D eigenvalue weighted by atomic mass is 35.5. The monoisotopic (exact) mass is 338 g/mol. The average molecular weight is 339 g/mol. The van der Waals surface area contributed by atoms with Crippen molar-refractivity contribution in [1.29, 1.82) is 0 Å². The molecule has 6 heteroatoms. The lowest BCUT2D eigenvalue weighted by atomic mass is 10.3. The molecule has 0 aromatic carbocycles. The van der Waals surface area contributed by atoms with E-state index in [1.807, 2.05) is 6.07 Å². The summed E-state index contributed by atoms with van der Waals surface area (Å²) in [5.74, 6) is 0.936. The molecular formula is C16H23ClN4S. The molecule has 0 aliphatic heterocycles. The van der Waals surface area contributed by atoms with Crippen LogP contribution in [0.15, 0.2) is 35.5 Å². The molecule has 0 spiro atoms. The fourth-order valence-electron chi connectivity index (χ4n) is 2.21. The van der Waals surface area contributed by atoms with Gasteiger partial charge in [0.2, 0.25) is 0 Å². The van der Waals surface area contributed by atoms with E-state index in [0.29, 0.717) is 0 Å². The van der Waals surface area contributed by atoms with Crippen LogP contribution in [0.1, 0.15) is 17.5 Å². The number of aromatic nitrogens is 1. The van der Waals surface area contributed by atoms with Crippen LogP contribution in [-0.2, 0) is 20.0 Å². The standard InChI is InChI=1S/C16H23ClN4S/c1-4-18-16(19-10-9-14-7-8-15(17)22-14)21(3)12-13-6-5-11-20(13)2/h5-8,11H,4,9-10,12H2,1-3H3,(H,18,19). The molecule has 0 fully saturated rings. The number of aliphatic imine (C=N–C) groups is 1. The van der Waals surface area contributed by atoms with Gasteiger partial charge in [-0.05, 0) is 31.2 Å². The predicted octanol–water partition coefficient (Wildman–Crippen LogP) is 3.38. The third-order valence-corrected chi connectivity index (χ3v) is 4.69. The molecule has 0 unspecified atom stereocenters. The number of hydrogen-bond acceptors (Lipinski definition) is 2. The fourth-order valence-corrected chi connectivity index (χ4v) is 3.28. The predicted molar refractivity (Wildman–Crippen MR) is 95.9 cm³/mol. The van der Waals surface area contributed by atoms with E-state index >= 15 is 0 Å². The number of hydrogen-bond donors (Lipinski definition) is 1. The lowest BCUT2D eigenvalue weighted by Gasteiger charge is -2.22. The number of rotatable bonds is 6. The first kappa shape index (κ1) is 16.9. The van der Waals surface area contributed by atoms with Crippen molar-refractivity contribution in [2.75, 3.05) is 20.1 Å². The first-order valence-electron chi connectivity index (χ1n) is 7.44. The minimum atomic E-state index is 0.761. The van der Waals surface area contributed by atoms with Gasteiger partial charge in [-0.2, -0.15) is 0 Å². The molecule has 1 N–H and O–H groups in total. The van der Waals surface area contributed by atoms with Gasteiger partial charge in [-0.15, -0.1) is 11.3 Å². The zero-order valence-electron chi connectivity index (χ0n) is 13.3. The van der Waals surface area contributed by atoms with Crippen LogP contribution in [0.5, 0.6) is 0 Å². The summed E-state index contributed by atoms with van der Waals surface area (Å²) >= 11 is 7.58. The van der Waals surface area contributed by atoms with E-state index in [0.717, 1.165) is 36.4 Å². The Morgan fingerprint density at radius 2 is 2.23 bits per heavy atom. The van der Waals surface area contributed by atoms with Crippen molar-refractivity contribution in [2.45, 2.75) is 19.9 Å². The zero-order valence-corrected chi connectivity index (χ0v) is 14.9. The zero-order chi connectivity index (χ0) is 15.9. The lowest BCUT2D eigenvalue weighted by molar-refractivity contribution is 0.462. The highest BCUT2D eigenvalue weighted by Gasteiger charge is 2.08. The summed E-state index contributed by atoms with van der Waals surface area (Å²) in [6, 6.07) is 8.21. The van der Waals surface area contributed by atoms with Gasteiger partial charge in [-0.1, -0.05) is 11.6 Å². The molecule has 2 rings (SSSR count). The summed E-state index contributed by atoms with van der Waals surface area (Å²) in [4.78, 5) is 8.14. The Hall–Kier alpha value is -1.46. The van der Waals surface area contributed by atoms with Gasteiger partial charge in [-0.25, -0.2) is 0 Å². The summed E-state index contributed by atoms with van der Waals surface area (Å²) in [5, 5.41) is 3.35. The maximum Gasteiger partial charge on any atom is 0.194 e. The van der Waals surface area contributed by atoms with Crippen molar-refractivity contribution in [3.63, 3.8) is 0 Å². The molecule has 0 atom stereocenters. The van der Waals surface area contributed by atoms with Crippen LogP contribution in [-0.4, -0.2) is 35.6 Å². The minimum absolute atomic E-state index is 0.761. The van der Waals surface area contributed by atoms with E-state index in [-0.39, 0.29) is 0 Å². The number of nitrogens with zero attached hydrogens (tertiary/aromatic N) is 3. The van der Waals surface area contributed by atoms with Crippen LogP contribution in [0, 0.1) is 0 Å². The van der Waals surface area contributed by atoms with Gasteiger partial charge < -0.3 is 14.8 Å². The van der Waals surface area contributed by atoms with Crippen molar-refractivity contribution in [3.8, 4) is 0 Å². The van der Waals surface area contributed by atoms with Gasteiger partial charge in [0.05, 0.1) is 10.9 Å². The summed E-state index contributed by atoms with van der Waals surface area (Å²) in [7, 11) is 4.13. The second kappa shape index (κ2) is 8.25. The SMILES string of the molecule is CCNC(=NCCc1ccc(Cl)s1)N(C)Cc1cccn1C. The molecule has 2 heterocycles. The molecule has 0 saturated carbocycles. The maximum absolute atomic E-state index is 5.96. The summed E-state index contributed by atoms with van der Waals surface area (Å²) in [6.45, 7) is 4.54. The molecule has 0 bridgehead atoms. The first-order valence-corrected chi connectivity index (χ1v) is 8.63. The van der Waals surface area contributed by atoms with Crippen molar-refractivity contribution in [1.82, 2.24) is 14.8 Å². The topological polar surface area (TPSA) is 32.6 Å². The second-order valence-electron chi connectivity index (χ2n) is 5.16. The fraction of sp³-hybridized carbons (Fsp3) is 0.438. The molecule has 2 aromatic heterocycles. The normalized spacial score (nSPS) is 11.7. The van der Waals surface area contributed by atoms with Crippen LogP contribution in [0.2, 0.25) is 4.34 Å². The maximum atomic E-state index is 5.96. The van der Waals surface area contributed by atoms with Crippen LogP contribution in [0.3, 0.4) is 0 Å². The first-order chi connectivity index (χ1) is 10.6. The van der Waals surface area contributed by atoms with Crippen LogP contribution in [0.25, 0.3) is 0 Å². The molecule has 2 aromatic rings. The Bertz CT molecular complexity index is 617. The van der Waals surface area contributed by atoms with Crippen molar-refractivity contribution in [3.05, 3.63) is 45.4 Å². The summed E-state index contributed by atoms with van der Waals surface area (Å²) in [5.41, 5.74) is 1.26. The van der Waals surface area contributed by atoms with Gasteiger partial charge in [0.25, 0.3) is 0 Å². The second-order valence-corrected chi connectivity index (χ2v) is 6.96. The number of aryl methyl sites for hydroxylation is 1. The van der Waals surface area contributed by atoms with E-state index in [2.05, 4.69) is 60.2 Å². The molecule has 0 saturated heterocycles. The average Bonchev–Trinajstić information content (AvgIpc) is 3.07. The lowest BCUT2D eigenvalue weighted by Crippen LogP contribution is -2.39. The Kier molecular flexibility index (Phi) is 6.34. The molecule has 0 radical (unpaired) electrons.